The highest BCUT2D eigenvalue weighted by molar-refractivity contribution is 7.89. The number of nitrogens with one attached hydrogen (secondary N) is 1. The number of aromatic nitrogens is 1. The van der Waals surface area contributed by atoms with Crippen molar-refractivity contribution >= 4 is 21.6 Å². The zero-order valence-electron chi connectivity index (χ0n) is 11.4. The molecule has 0 aliphatic heterocycles. The van der Waals surface area contributed by atoms with Gasteiger partial charge in [0.2, 0.25) is 10.0 Å². The van der Waals surface area contributed by atoms with Crippen LogP contribution in [0, 0.1) is 20.8 Å². The average molecular weight is 315 g/mol. The van der Waals surface area contributed by atoms with Crippen molar-refractivity contribution in [2.24, 2.45) is 0 Å². The Hall–Kier alpha value is -1.37. The van der Waals surface area contributed by atoms with Gasteiger partial charge in [0.15, 0.2) is 5.76 Å². The molecular formula is C13H15ClN2O3S. The Morgan fingerprint density at radius 3 is 2.55 bits per heavy atom. The first-order valence-electron chi connectivity index (χ1n) is 5.99. The Morgan fingerprint density at radius 1 is 1.30 bits per heavy atom. The predicted molar refractivity (Wildman–Crippen MR) is 76.2 cm³/mol. The lowest BCUT2D eigenvalue weighted by Crippen LogP contribution is -2.24. The maximum absolute atomic E-state index is 12.2. The second kappa shape index (κ2) is 5.55. The molecule has 5 nitrogen and oxygen atoms in total. The van der Waals surface area contributed by atoms with Gasteiger partial charge in [0.1, 0.15) is 10.6 Å². The van der Waals surface area contributed by atoms with Crippen LogP contribution in [0.4, 0.5) is 0 Å². The van der Waals surface area contributed by atoms with E-state index in [0.29, 0.717) is 10.7 Å². The third-order valence-electron chi connectivity index (χ3n) is 2.99. The molecular weight excluding hydrogens is 300 g/mol. The Bertz CT molecular complexity index is 719. The summed E-state index contributed by atoms with van der Waals surface area (Å²) >= 11 is 5.87. The van der Waals surface area contributed by atoms with Crippen LogP contribution in [0.25, 0.3) is 0 Å². The van der Waals surface area contributed by atoms with Crippen molar-refractivity contribution in [1.82, 2.24) is 9.88 Å². The maximum atomic E-state index is 12.2. The predicted octanol–water partition coefficient (Wildman–Crippen LogP) is 2.73. The number of aryl methyl sites for hydroxylation is 3. The van der Waals surface area contributed by atoms with E-state index in [9.17, 15) is 8.42 Å². The third-order valence-corrected chi connectivity index (χ3v) is 4.87. The average Bonchev–Trinajstić information content (AvgIpc) is 2.68. The lowest BCUT2D eigenvalue weighted by molar-refractivity contribution is 0.390. The zero-order chi connectivity index (χ0) is 14.9. The van der Waals surface area contributed by atoms with Crippen molar-refractivity contribution < 1.29 is 12.9 Å². The molecule has 2 rings (SSSR count). The van der Waals surface area contributed by atoms with Crippen LogP contribution in [0.3, 0.4) is 0 Å². The molecule has 108 valence electrons. The highest BCUT2D eigenvalue weighted by Gasteiger charge is 2.23. The molecule has 0 radical (unpaired) electrons. The summed E-state index contributed by atoms with van der Waals surface area (Å²) < 4.78 is 31.9. The highest BCUT2D eigenvalue weighted by atomic mass is 35.5. The number of nitrogens with zero attached hydrogens (tertiary/aromatic N) is 1. The van der Waals surface area contributed by atoms with Gasteiger partial charge in [0.05, 0.1) is 0 Å². The van der Waals surface area contributed by atoms with Gasteiger partial charge in [0, 0.05) is 11.6 Å². The summed E-state index contributed by atoms with van der Waals surface area (Å²) in [4.78, 5) is 0.101. The van der Waals surface area contributed by atoms with Crippen LogP contribution in [-0.2, 0) is 16.6 Å². The summed E-state index contributed by atoms with van der Waals surface area (Å²) in [6.07, 6.45) is 0. The largest absolute Gasteiger partial charge is 0.360 e. The normalized spacial score (nSPS) is 11.8. The number of rotatable bonds is 4. The van der Waals surface area contributed by atoms with Crippen LogP contribution < -0.4 is 4.72 Å². The Kier molecular flexibility index (Phi) is 4.17. The van der Waals surface area contributed by atoms with Gasteiger partial charge in [-0.25, -0.2) is 13.1 Å². The highest BCUT2D eigenvalue weighted by Crippen LogP contribution is 2.20. The van der Waals surface area contributed by atoms with E-state index in [1.807, 2.05) is 6.92 Å². The van der Waals surface area contributed by atoms with Gasteiger partial charge in [-0.05, 0) is 44.0 Å². The second-order valence-electron chi connectivity index (χ2n) is 4.55. The lowest BCUT2D eigenvalue weighted by atomic mass is 10.1. The second-order valence-corrected chi connectivity index (χ2v) is 6.69. The fraction of sp³-hybridized carbons (Fsp3) is 0.308. The molecule has 0 spiro atoms. The molecule has 0 fully saturated rings. The summed E-state index contributed by atoms with van der Waals surface area (Å²) in [5.74, 6) is 0.280. The van der Waals surface area contributed by atoms with E-state index in [1.54, 1.807) is 32.0 Å². The van der Waals surface area contributed by atoms with Gasteiger partial charge >= 0.3 is 0 Å². The first kappa shape index (κ1) is 15.0. The van der Waals surface area contributed by atoms with E-state index in [-0.39, 0.29) is 17.2 Å². The fourth-order valence-corrected chi connectivity index (χ4v) is 3.52. The van der Waals surface area contributed by atoms with E-state index in [4.69, 9.17) is 16.1 Å². The Balaban J connectivity index is 2.22. The van der Waals surface area contributed by atoms with Gasteiger partial charge in [-0.1, -0.05) is 22.8 Å². The van der Waals surface area contributed by atoms with E-state index >= 15 is 0 Å². The standard InChI is InChI=1S/C13H15ClN2O3S/c1-8-6-12(14)5-4-11(8)7-15-20(17,18)13-9(2)16-19-10(13)3/h4-6,15H,7H2,1-3H3. The molecule has 1 N–H and O–H groups in total. The van der Waals surface area contributed by atoms with Gasteiger partial charge in [-0.3, -0.25) is 0 Å². The minimum atomic E-state index is -3.64. The Labute approximate surface area is 123 Å². The monoisotopic (exact) mass is 314 g/mol. The van der Waals surface area contributed by atoms with Crippen LogP contribution in [0.5, 0.6) is 0 Å². The van der Waals surface area contributed by atoms with E-state index < -0.39 is 10.0 Å². The topological polar surface area (TPSA) is 72.2 Å². The van der Waals surface area contributed by atoms with Crippen LogP contribution in [0.1, 0.15) is 22.6 Å². The fourth-order valence-electron chi connectivity index (χ4n) is 1.96. The first-order valence-corrected chi connectivity index (χ1v) is 7.85. The van der Waals surface area contributed by atoms with Gasteiger partial charge < -0.3 is 4.52 Å². The maximum Gasteiger partial charge on any atom is 0.246 e. The van der Waals surface area contributed by atoms with Crippen molar-refractivity contribution in [3.8, 4) is 0 Å². The molecule has 0 bridgehead atoms. The molecule has 0 saturated carbocycles. The van der Waals surface area contributed by atoms with Crippen molar-refractivity contribution in [1.29, 1.82) is 0 Å². The van der Waals surface area contributed by atoms with Crippen molar-refractivity contribution in [2.75, 3.05) is 0 Å². The molecule has 2 aromatic rings. The van der Waals surface area contributed by atoms with Gasteiger partial charge in [-0.15, -0.1) is 0 Å². The molecule has 0 saturated heterocycles. The summed E-state index contributed by atoms with van der Waals surface area (Å²) in [6.45, 7) is 5.24. The van der Waals surface area contributed by atoms with Gasteiger partial charge in [-0.2, -0.15) is 0 Å². The van der Waals surface area contributed by atoms with Crippen molar-refractivity contribution in [3.05, 3.63) is 45.8 Å². The van der Waals surface area contributed by atoms with Crippen molar-refractivity contribution in [2.45, 2.75) is 32.2 Å². The number of halogens is 1. The van der Waals surface area contributed by atoms with Gasteiger partial charge in [0.25, 0.3) is 0 Å². The van der Waals surface area contributed by atoms with Crippen LogP contribution in [0.2, 0.25) is 5.02 Å². The van der Waals surface area contributed by atoms with E-state index in [0.717, 1.165) is 11.1 Å². The quantitative estimate of drug-likeness (QED) is 0.941. The molecule has 20 heavy (non-hydrogen) atoms. The third kappa shape index (κ3) is 3.03. The summed E-state index contributed by atoms with van der Waals surface area (Å²) in [6, 6.07) is 5.32. The smallest absolute Gasteiger partial charge is 0.246 e. The molecule has 1 heterocycles. The minimum Gasteiger partial charge on any atom is -0.360 e. The van der Waals surface area contributed by atoms with Crippen LogP contribution in [0.15, 0.2) is 27.6 Å². The summed E-state index contributed by atoms with van der Waals surface area (Å²) in [5.41, 5.74) is 2.14. The molecule has 0 aliphatic carbocycles. The summed E-state index contributed by atoms with van der Waals surface area (Å²) in [5, 5.41) is 4.28. The zero-order valence-corrected chi connectivity index (χ0v) is 13.0. The number of benzene rings is 1. The van der Waals surface area contributed by atoms with Crippen LogP contribution in [-0.4, -0.2) is 13.6 Å². The number of sulfonamides is 1. The molecule has 0 aliphatic rings. The molecule has 1 aromatic heterocycles. The molecule has 0 amide bonds. The van der Waals surface area contributed by atoms with Crippen LogP contribution >= 0.6 is 11.6 Å². The molecule has 1 aromatic carbocycles. The first-order chi connectivity index (χ1) is 9.31. The Morgan fingerprint density at radius 2 is 2.00 bits per heavy atom. The van der Waals surface area contributed by atoms with E-state index in [1.165, 1.54) is 0 Å². The molecule has 0 unspecified atom stereocenters. The SMILES string of the molecule is Cc1cc(Cl)ccc1CNS(=O)(=O)c1c(C)noc1C. The van der Waals surface area contributed by atoms with E-state index in [2.05, 4.69) is 9.88 Å². The lowest BCUT2D eigenvalue weighted by Gasteiger charge is -2.09. The number of hydrogen-bond acceptors (Lipinski definition) is 4. The summed E-state index contributed by atoms with van der Waals surface area (Å²) in [7, 11) is -3.64. The number of hydrogen-bond donors (Lipinski definition) is 1. The van der Waals surface area contributed by atoms with Crippen molar-refractivity contribution in [3.63, 3.8) is 0 Å². The molecule has 7 heteroatoms. The molecule has 0 atom stereocenters. The minimum absolute atomic E-state index is 0.101.